The van der Waals surface area contributed by atoms with Crippen LogP contribution < -0.4 is 10.2 Å². The molecule has 0 radical (unpaired) electrons. The van der Waals surface area contributed by atoms with Crippen molar-refractivity contribution in [1.82, 2.24) is 0 Å². The van der Waals surface area contributed by atoms with Crippen molar-refractivity contribution >= 4 is 23.0 Å². The summed E-state index contributed by atoms with van der Waals surface area (Å²) in [5, 5.41) is 13.6. The Morgan fingerprint density at radius 3 is 2.31 bits per heavy atom. The number of ether oxygens (including phenoxy) is 1. The molecule has 0 aliphatic carbocycles. The van der Waals surface area contributed by atoms with Crippen LogP contribution >= 0.6 is 0 Å². The SMILES string of the molecule is O=C(Nc1ccc(N2CCOCC2)cc1)c1ccc(-c2ccc([N+](=O)[O-])cc2)o1. The smallest absolute Gasteiger partial charge is 0.291 e. The van der Waals surface area contributed by atoms with Crippen LogP contribution in [0.4, 0.5) is 17.1 Å². The number of amides is 1. The van der Waals surface area contributed by atoms with E-state index in [0.717, 1.165) is 18.8 Å². The quantitative estimate of drug-likeness (QED) is 0.521. The Balaban J connectivity index is 1.42. The van der Waals surface area contributed by atoms with E-state index in [9.17, 15) is 14.9 Å². The summed E-state index contributed by atoms with van der Waals surface area (Å²) in [4.78, 5) is 25.0. The molecule has 1 fully saturated rings. The average molecular weight is 393 g/mol. The molecule has 2 aromatic carbocycles. The molecule has 2 heterocycles. The minimum atomic E-state index is -0.463. The molecule has 1 N–H and O–H groups in total. The molecule has 148 valence electrons. The number of nitrogens with zero attached hydrogens (tertiary/aromatic N) is 2. The predicted molar refractivity (Wildman–Crippen MR) is 108 cm³/mol. The Morgan fingerprint density at radius 2 is 1.66 bits per heavy atom. The summed E-state index contributed by atoms with van der Waals surface area (Å²) in [5.74, 6) is 0.264. The number of anilines is 2. The van der Waals surface area contributed by atoms with E-state index in [0.29, 0.717) is 30.2 Å². The van der Waals surface area contributed by atoms with Crippen LogP contribution in [0, 0.1) is 10.1 Å². The number of morpholine rings is 1. The number of rotatable bonds is 5. The van der Waals surface area contributed by atoms with Gasteiger partial charge in [-0.15, -0.1) is 0 Å². The number of non-ortho nitro benzene ring substituents is 1. The lowest BCUT2D eigenvalue weighted by molar-refractivity contribution is -0.384. The summed E-state index contributed by atoms with van der Waals surface area (Å²) >= 11 is 0. The highest BCUT2D eigenvalue weighted by molar-refractivity contribution is 6.02. The predicted octanol–water partition coefficient (Wildman–Crippen LogP) is 3.94. The molecule has 0 saturated carbocycles. The molecule has 29 heavy (non-hydrogen) atoms. The number of nitro groups is 1. The normalized spacial score (nSPS) is 13.9. The molecular formula is C21H19N3O5. The number of carbonyl (C=O) groups is 1. The maximum Gasteiger partial charge on any atom is 0.291 e. The molecule has 8 heteroatoms. The van der Waals surface area contributed by atoms with Crippen molar-refractivity contribution in [2.75, 3.05) is 36.5 Å². The van der Waals surface area contributed by atoms with Crippen LogP contribution in [0.1, 0.15) is 10.6 Å². The van der Waals surface area contributed by atoms with Crippen LogP contribution in [0.2, 0.25) is 0 Å². The van der Waals surface area contributed by atoms with Gasteiger partial charge in [-0.05, 0) is 48.5 Å². The lowest BCUT2D eigenvalue weighted by Crippen LogP contribution is -2.36. The summed E-state index contributed by atoms with van der Waals surface area (Å²) < 4.78 is 11.0. The maximum atomic E-state index is 12.5. The van der Waals surface area contributed by atoms with Crippen molar-refractivity contribution in [3.8, 4) is 11.3 Å². The van der Waals surface area contributed by atoms with Gasteiger partial charge in [-0.3, -0.25) is 14.9 Å². The van der Waals surface area contributed by atoms with Gasteiger partial charge < -0.3 is 19.4 Å². The molecule has 1 amide bonds. The summed E-state index contributed by atoms with van der Waals surface area (Å²) in [6.07, 6.45) is 0. The van der Waals surface area contributed by atoms with Crippen LogP contribution in [0.25, 0.3) is 11.3 Å². The van der Waals surface area contributed by atoms with Crippen LogP contribution in [0.15, 0.2) is 65.1 Å². The summed E-state index contributed by atoms with van der Waals surface area (Å²) in [7, 11) is 0. The second-order valence-corrected chi connectivity index (χ2v) is 6.57. The third-order valence-electron chi connectivity index (χ3n) is 4.69. The summed E-state index contributed by atoms with van der Waals surface area (Å²) in [6, 6.07) is 16.8. The number of hydrogen-bond acceptors (Lipinski definition) is 6. The summed E-state index contributed by atoms with van der Waals surface area (Å²) in [6.45, 7) is 3.13. The fraction of sp³-hybridized carbons (Fsp3) is 0.190. The number of benzene rings is 2. The first-order valence-electron chi connectivity index (χ1n) is 9.19. The van der Waals surface area contributed by atoms with E-state index in [-0.39, 0.29) is 17.4 Å². The minimum Gasteiger partial charge on any atom is -0.451 e. The molecule has 1 saturated heterocycles. The Kier molecular flexibility index (Phi) is 5.26. The zero-order valence-corrected chi connectivity index (χ0v) is 15.5. The van der Waals surface area contributed by atoms with Gasteiger partial charge in [0.15, 0.2) is 5.76 Å². The average Bonchev–Trinajstić information content (AvgIpc) is 3.25. The molecular weight excluding hydrogens is 374 g/mol. The lowest BCUT2D eigenvalue weighted by Gasteiger charge is -2.28. The van der Waals surface area contributed by atoms with E-state index < -0.39 is 4.92 Å². The molecule has 0 bridgehead atoms. The third kappa shape index (κ3) is 4.27. The molecule has 0 atom stereocenters. The first-order valence-corrected chi connectivity index (χ1v) is 9.19. The third-order valence-corrected chi connectivity index (χ3v) is 4.69. The highest BCUT2D eigenvalue weighted by Gasteiger charge is 2.15. The van der Waals surface area contributed by atoms with E-state index in [1.807, 2.05) is 24.3 Å². The van der Waals surface area contributed by atoms with Crippen molar-refractivity contribution < 1.29 is 18.9 Å². The van der Waals surface area contributed by atoms with Crippen molar-refractivity contribution in [1.29, 1.82) is 0 Å². The van der Waals surface area contributed by atoms with Gasteiger partial charge in [-0.1, -0.05) is 0 Å². The summed E-state index contributed by atoms with van der Waals surface area (Å²) in [5.41, 5.74) is 2.41. The highest BCUT2D eigenvalue weighted by Crippen LogP contribution is 2.25. The number of hydrogen-bond donors (Lipinski definition) is 1. The van der Waals surface area contributed by atoms with Gasteiger partial charge in [0.2, 0.25) is 0 Å². The Labute approximate surface area is 166 Å². The number of furan rings is 1. The van der Waals surface area contributed by atoms with E-state index in [2.05, 4.69) is 10.2 Å². The molecule has 1 aliphatic rings. The van der Waals surface area contributed by atoms with E-state index >= 15 is 0 Å². The molecule has 3 aromatic rings. The second kappa shape index (κ2) is 8.15. The lowest BCUT2D eigenvalue weighted by atomic mass is 10.1. The first kappa shape index (κ1) is 18.7. The van der Waals surface area contributed by atoms with Crippen LogP contribution in [0.5, 0.6) is 0 Å². The van der Waals surface area contributed by atoms with Gasteiger partial charge in [0.1, 0.15) is 5.76 Å². The van der Waals surface area contributed by atoms with Gasteiger partial charge in [-0.25, -0.2) is 0 Å². The largest absolute Gasteiger partial charge is 0.451 e. The zero-order chi connectivity index (χ0) is 20.2. The topological polar surface area (TPSA) is 97.9 Å². The fourth-order valence-electron chi connectivity index (χ4n) is 3.13. The van der Waals surface area contributed by atoms with Gasteiger partial charge in [0.05, 0.1) is 18.1 Å². The maximum absolute atomic E-state index is 12.5. The molecule has 4 rings (SSSR count). The molecule has 0 unspecified atom stereocenters. The van der Waals surface area contributed by atoms with Crippen molar-refractivity contribution in [2.24, 2.45) is 0 Å². The van der Waals surface area contributed by atoms with Gasteiger partial charge in [0, 0.05) is 42.2 Å². The van der Waals surface area contributed by atoms with Crippen molar-refractivity contribution in [3.05, 3.63) is 76.5 Å². The first-order chi connectivity index (χ1) is 14.1. The van der Waals surface area contributed by atoms with E-state index in [4.69, 9.17) is 9.15 Å². The molecule has 1 aromatic heterocycles. The molecule has 8 nitrogen and oxygen atoms in total. The van der Waals surface area contributed by atoms with Gasteiger partial charge >= 0.3 is 0 Å². The van der Waals surface area contributed by atoms with Crippen molar-refractivity contribution in [3.63, 3.8) is 0 Å². The molecule has 0 spiro atoms. The number of nitro benzene ring substituents is 1. The zero-order valence-electron chi connectivity index (χ0n) is 15.5. The van der Waals surface area contributed by atoms with E-state index in [1.165, 1.54) is 12.1 Å². The Morgan fingerprint density at radius 1 is 0.966 bits per heavy atom. The van der Waals surface area contributed by atoms with Crippen LogP contribution in [-0.4, -0.2) is 37.1 Å². The monoisotopic (exact) mass is 393 g/mol. The highest BCUT2D eigenvalue weighted by atomic mass is 16.6. The second-order valence-electron chi connectivity index (χ2n) is 6.57. The molecule has 1 aliphatic heterocycles. The fourth-order valence-corrected chi connectivity index (χ4v) is 3.13. The Hall–Kier alpha value is -3.65. The van der Waals surface area contributed by atoms with E-state index in [1.54, 1.807) is 24.3 Å². The van der Waals surface area contributed by atoms with Crippen molar-refractivity contribution in [2.45, 2.75) is 0 Å². The van der Waals surface area contributed by atoms with Crippen LogP contribution in [-0.2, 0) is 4.74 Å². The van der Waals surface area contributed by atoms with Gasteiger partial charge in [0.25, 0.3) is 11.6 Å². The van der Waals surface area contributed by atoms with Crippen LogP contribution in [0.3, 0.4) is 0 Å². The van der Waals surface area contributed by atoms with Gasteiger partial charge in [-0.2, -0.15) is 0 Å². The number of nitrogens with one attached hydrogen (secondary N) is 1. The number of carbonyl (C=O) groups excluding carboxylic acids is 1. The standard InChI is InChI=1S/C21H19N3O5/c25-21(22-16-3-7-17(8-4-16)23-11-13-28-14-12-23)20-10-9-19(29-20)15-1-5-18(6-2-15)24(26)27/h1-10H,11-14H2,(H,22,25). The minimum absolute atomic E-state index is 0.00111. The Bertz CT molecular complexity index is 1010.